The van der Waals surface area contributed by atoms with Gasteiger partial charge in [0.05, 0.1) is 11.3 Å². The molecule has 0 aliphatic heterocycles. The van der Waals surface area contributed by atoms with Crippen LogP contribution in [-0.2, 0) is 0 Å². The Morgan fingerprint density at radius 2 is 1.89 bits per heavy atom. The highest BCUT2D eigenvalue weighted by Crippen LogP contribution is 2.33. The summed E-state index contributed by atoms with van der Waals surface area (Å²) < 4.78 is 0. The number of carbonyl (C=O) groups is 1. The van der Waals surface area contributed by atoms with Crippen LogP contribution in [0.3, 0.4) is 0 Å². The van der Waals surface area contributed by atoms with Gasteiger partial charge in [-0.25, -0.2) is 4.98 Å². The van der Waals surface area contributed by atoms with E-state index in [1.165, 1.54) is 6.07 Å². The highest BCUT2D eigenvalue weighted by Gasteiger charge is 2.13. The van der Waals surface area contributed by atoms with Crippen LogP contribution >= 0.6 is 11.6 Å². The third-order valence-electron chi connectivity index (χ3n) is 4.26. The molecule has 0 unspecified atom stereocenters. The summed E-state index contributed by atoms with van der Waals surface area (Å²) in [7, 11) is 0. The van der Waals surface area contributed by atoms with Crippen LogP contribution in [0.2, 0.25) is 5.02 Å². The maximum Gasteiger partial charge on any atom is 0.252 e. The van der Waals surface area contributed by atoms with Crippen LogP contribution in [0.25, 0.3) is 22.4 Å². The third-order valence-corrected chi connectivity index (χ3v) is 4.59. The third kappa shape index (κ3) is 4.43. The molecule has 4 N–H and O–H groups in total. The predicted molar refractivity (Wildman–Crippen MR) is 114 cm³/mol. The van der Waals surface area contributed by atoms with Crippen molar-refractivity contribution in [3.63, 3.8) is 0 Å². The number of amides is 1. The van der Waals surface area contributed by atoms with Gasteiger partial charge in [-0.1, -0.05) is 43.6 Å². The monoisotopic (exact) mass is 395 g/mol. The number of aromatic hydroxyl groups is 1. The Bertz CT molecular complexity index is 1020. The molecule has 144 valence electrons. The number of pyridine rings is 1. The van der Waals surface area contributed by atoms with Gasteiger partial charge >= 0.3 is 0 Å². The van der Waals surface area contributed by atoms with Gasteiger partial charge in [-0.05, 0) is 47.9 Å². The van der Waals surface area contributed by atoms with E-state index in [2.05, 4.69) is 24.1 Å². The van der Waals surface area contributed by atoms with Crippen LogP contribution in [-0.4, -0.2) is 22.5 Å². The van der Waals surface area contributed by atoms with E-state index in [1.54, 1.807) is 12.1 Å². The maximum absolute atomic E-state index is 11.6. The zero-order valence-corrected chi connectivity index (χ0v) is 16.5. The fourth-order valence-electron chi connectivity index (χ4n) is 2.82. The van der Waals surface area contributed by atoms with Crippen molar-refractivity contribution in [2.75, 3.05) is 11.9 Å². The van der Waals surface area contributed by atoms with E-state index >= 15 is 0 Å². The molecule has 0 spiro atoms. The van der Waals surface area contributed by atoms with Crippen LogP contribution < -0.4 is 11.1 Å². The number of aromatic nitrogens is 1. The topological polar surface area (TPSA) is 88.2 Å². The van der Waals surface area contributed by atoms with Gasteiger partial charge in [-0.2, -0.15) is 0 Å². The number of nitrogens with zero attached hydrogens (tertiary/aromatic N) is 1. The lowest BCUT2D eigenvalue weighted by Gasteiger charge is -2.14. The SMILES string of the molecule is CC(C)CNc1cc(-c2ccccc2Cl)cc(-c2ccc(O)c(C(N)=O)c2)n1. The molecule has 0 atom stereocenters. The molecule has 0 aliphatic rings. The van der Waals surface area contributed by atoms with Crippen molar-refractivity contribution in [3.8, 4) is 28.1 Å². The summed E-state index contributed by atoms with van der Waals surface area (Å²) in [5.41, 5.74) is 8.52. The number of anilines is 1. The van der Waals surface area contributed by atoms with Crippen molar-refractivity contribution in [3.05, 3.63) is 65.2 Å². The molecule has 28 heavy (non-hydrogen) atoms. The van der Waals surface area contributed by atoms with Crippen LogP contribution in [0.4, 0.5) is 5.82 Å². The van der Waals surface area contributed by atoms with Crippen LogP contribution in [0.1, 0.15) is 24.2 Å². The van der Waals surface area contributed by atoms with Crippen LogP contribution in [0.5, 0.6) is 5.75 Å². The molecule has 3 aromatic rings. The number of nitrogens with two attached hydrogens (primary N) is 1. The maximum atomic E-state index is 11.6. The van der Waals surface area contributed by atoms with Crippen molar-refractivity contribution in [1.82, 2.24) is 4.98 Å². The number of carbonyl (C=O) groups excluding carboxylic acids is 1. The Kier molecular flexibility index (Phi) is 5.85. The quantitative estimate of drug-likeness (QED) is 0.551. The molecule has 5 nitrogen and oxygen atoms in total. The van der Waals surface area contributed by atoms with Crippen molar-refractivity contribution >= 4 is 23.3 Å². The Labute approximate surface area is 169 Å². The molecule has 0 saturated carbocycles. The number of hydrogen-bond donors (Lipinski definition) is 3. The first-order valence-electron chi connectivity index (χ1n) is 8.99. The summed E-state index contributed by atoms with van der Waals surface area (Å²) >= 11 is 6.39. The summed E-state index contributed by atoms with van der Waals surface area (Å²) in [6.07, 6.45) is 0. The summed E-state index contributed by atoms with van der Waals surface area (Å²) in [5.74, 6) is 0.301. The fraction of sp³-hybridized carbons (Fsp3) is 0.182. The Hall–Kier alpha value is -3.05. The minimum absolute atomic E-state index is 0.0548. The molecule has 3 rings (SSSR count). The largest absolute Gasteiger partial charge is 0.507 e. The van der Waals surface area contributed by atoms with Gasteiger partial charge in [0.25, 0.3) is 5.91 Å². The van der Waals surface area contributed by atoms with E-state index < -0.39 is 5.91 Å². The van der Waals surface area contributed by atoms with Gasteiger partial charge in [-0.15, -0.1) is 0 Å². The predicted octanol–water partition coefficient (Wildman–Crippen LogP) is 4.94. The molecule has 6 heteroatoms. The second-order valence-corrected chi connectivity index (χ2v) is 7.38. The minimum atomic E-state index is -0.695. The molecule has 1 heterocycles. The summed E-state index contributed by atoms with van der Waals surface area (Å²) in [5, 5.41) is 13.8. The van der Waals surface area contributed by atoms with Gasteiger partial charge in [0.15, 0.2) is 0 Å². The first-order chi connectivity index (χ1) is 13.3. The van der Waals surface area contributed by atoms with Gasteiger partial charge in [0.2, 0.25) is 0 Å². The summed E-state index contributed by atoms with van der Waals surface area (Å²) in [4.78, 5) is 16.3. The fourth-order valence-corrected chi connectivity index (χ4v) is 3.07. The van der Waals surface area contributed by atoms with Crippen molar-refractivity contribution < 1.29 is 9.90 Å². The zero-order chi connectivity index (χ0) is 20.3. The van der Waals surface area contributed by atoms with E-state index in [0.717, 1.165) is 17.7 Å². The highest BCUT2D eigenvalue weighted by atomic mass is 35.5. The molecule has 2 aromatic carbocycles. The molecular weight excluding hydrogens is 374 g/mol. The van der Waals surface area contributed by atoms with Crippen LogP contribution in [0, 0.1) is 5.92 Å². The lowest BCUT2D eigenvalue weighted by molar-refractivity contribution is 0.0998. The second-order valence-electron chi connectivity index (χ2n) is 6.98. The van der Waals surface area contributed by atoms with E-state index in [4.69, 9.17) is 17.3 Å². The lowest BCUT2D eigenvalue weighted by atomic mass is 10.0. The second kappa shape index (κ2) is 8.31. The van der Waals surface area contributed by atoms with Crippen molar-refractivity contribution in [2.24, 2.45) is 11.7 Å². The Morgan fingerprint density at radius 1 is 1.14 bits per heavy atom. The van der Waals surface area contributed by atoms with Gasteiger partial charge in [0, 0.05) is 22.7 Å². The van der Waals surface area contributed by atoms with Gasteiger partial charge < -0.3 is 16.2 Å². The zero-order valence-electron chi connectivity index (χ0n) is 15.7. The standard InChI is InChI=1S/C22H22ClN3O2/c1-13(2)12-25-21-11-15(16-5-3-4-6-18(16)23)10-19(26-21)14-7-8-20(27)17(9-14)22(24)28/h3-11,13,27H,12H2,1-2H3,(H2,24,28)(H,25,26). The van der Waals surface area contributed by atoms with E-state index in [1.807, 2.05) is 36.4 Å². The van der Waals surface area contributed by atoms with E-state index in [9.17, 15) is 9.90 Å². The number of benzene rings is 2. The molecule has 0 saturated heterocycles. The molecule has 0 fully saturated rings. The van der Waals surface area contributed by atoms with Crippen LogP contribution in [0.15, 0.2) is 54.6 Å². The summed E-state index contributed by atoms with van der Waals surface area (Å²) in [6, 6.07) is 16.1. The number of rotatable bonds is 6. The van der Waals surface area contributed by atoms with Crippen molar-refractivity contribution in [2.45, 2.75) is 13.8 Å². The smallest absolute Gasteiger partial charge is 0.252 e. The lowest BCUT2D eigenvalue weighted by Crippen LogP contribution is -2.11. The number of hydrogen-bond acceptors (Lipinski definition) is 4. The van der Waals surface area contributed by atoms with E-state index in [0.29, 0.717) is 28.0 Å². The number of phenols is 1. The summed E-state index contributed by atoms with van der Waals surface area (Å²) in [6.45, 7) is 5.00. The minimum Gasteiger partial charge on any atom is -0.507 e. The first-order valence-corrected chi connectivity index (χ1v) is 9.37. The molecule has 1 aromatic heterocycles. The number of halogens is 1. The van der Waals surface area contributed by atoms with Gasteiger partial charge in [-0.3, -0.25) is 4.79 Å². The van der Waals surface area contributed by atoms with Crippen molar-refractivity contribution in [1.29, 1.82) is 0 Å². The average molecular weight is 396 g/mol. The molecule has 0 aliphatic carbocycles. The van der Waals surface area contributed by atoms with Gasteiger partial charge in [0.1, 0.15) is 11.6 Å². The molecular formula is C22H22ClN3O2. The Morgan fingerprint density at radius 3 is 2.57 bits per heavy atom. The Balaban J connectivity index is 2.14. The highest BCUT2D eigenvalue weighted by molar-refractivity contribution is 6.33. The first kappa shape index (κ1) is 19.7. The van der Waals surface area contributed by atoms with E-state index in [-0.39, 0.29) is 11.3 Å². The number of primary amides is 1. The molecule has 1 amide bonds. The normalized spacial score (nSPS) is 10.9. The number of nitrogens with one attached hydrogen (secondary N) is 1. The molecule has 0 bridgehead atoms. The molecule has 0 radical (unpaired) electrons. The average Bonchev–Trinajstić information content (AvgIpc) is 2.66.